The molecule has 0 aromatic rings. The Hall–Kier alpha value is -0.0962. The second-order valence-corrected chi connectivity index (χ2v) is 17.5. The van der Waals surface area contributed by atoms with Crippen LogP contribution in [0.3, 0.4) is 0 Å². The van der Waals surface area contributed by atoms with E-state index >= 15 is 0 Å². The Morgan fingerprint density at radius 3 is 2.00 bits per heavy atom. The molecule has 0 radical (unpaired) electrons. The third-order valence-electron chi connectivity index (χ3n) is 2.25. The predicted molar refractivity (Wildman–Crippen MR) is 67.3 cm³/mol. The Morgan fingerprint density at radius 2 is 1.64 bits per heavy atom. The van der Waals surface area contributed by atoms with Crippen molar-refractivity contribution < 1.29 is 9.90 Å². The van der Waals surface area contributed by atoms with Gasteiger partial charge in [0.15, 0.2) is 0 Å². The molecule has 0 aliphatic heterocycles. The molecule has 0 aromatic carbocycles. The Kier molecular flexibility index (Phi) is 5.08. The Labute approximate surface area is 89.7 Å². The average molecular weight is 232 g/mol. The fraction of sp³-hybridized carbons (Fsp3) is 0.900. The number of carbonyl (C=O) groups is 1. The smallest absolute Gasteiger partial charge is 0.303 e. The summed E-state index contributed by atoms with van der Waals surface area (Å²) < 4.78 is 0. The lowest BCUT2D eigenvalue weighted by molar-refractivity contribution is -0.137. The molecule has 84 valence electrons. The number of rotatable bonds is 6. The van der Waals surface area contributed by atoms with Gasteiger partial charge in [0.05, 0.1) is 0 Å². The maximum Gasteiger partial charge on any atom is 0.303 e. The molecule has 0 unspecified atom stereocenters. The minimum atomic E-state index is -1.11. The molecule has 0 aromatic heterocycles. The van der Waals surface area contributed by atoms with Crippen LogP contribution in [-0.4, -0.2) is 27.2 Å². The number of hydrogen-bond acceptors (Lipinski definition) is 1. The Bertz CT molecular complexity index is 195. The second-order valence-electron chi connectivity index (χ2n) is 6.15. The van der Waals surface area contributed by atoms with Crippen molar-refractivity contribution in [2.45, 2.75) is 57.3 Å². The van der Waals surface area contributed by atoms with Gasteiger partial charge in [-0.25, -0.2) is 0 Å². The Morgan fingerprint density at radius 1 is 1.14 bits per heavy atom. The minimum absolute atomic E-state index is 0.349. The first kappa shape index (κ1) is 13.9. The molecule has 0 saturated carbocycles. The van der Waals surface area contributed by atoms with E-state index in [2.05, 4.69) is 32.7 Å². The highest BCUT2D eigenvalue weighted by molar-refractivity contribution is 6.94. The first-order valence-corrected chi connectivity index (χ1v) is 12.5. The lowest BCUT2D eigenvalue weighted by Gasteiger charge is -2.29. The van der Waals surface area contributed by atoms with Gasteiger partial charge in [0.2, 0.25) is 0 Å². The van der Waals surface area contributed by atoms with Gasteiger partial charge in [0.25, 0.3) is 0 Å². The quantitative estimate of drug-likeness (QED) is 0.712. The number of carboxylic acids is 1. The molecular formula is C10H24O2Si2. The zero-order valence-corrected chi connectivity index (χ0v) is 12.2. The molecule has 0 spiro atoms. The zero-order chi connectivity index (χ0) is 11.4. The molecule has 0 aliphatic rings. The third kappa shape index (κ3) is 8.50. The summed E-state index contributed by atoms with van der Waals surface area (Å²) in [6.07, 6.45) is 1.22. The van der Waals surface area contributed by atoms with Crippen LogP contribution in [-0.2, 0) is 4.79 Å². The molecule has 0 atom stereocenters. The molecule has 0 heterocycles. The van der Waals surface area contributed by atoms with Crippen molar-refractivity contribution in [2.75, 3.05) is 0 Å². The van der Waals surface area contributed by atoms with Gasteiger partial charge in [-0.15, -0.1) is 0 Å². The van der Waals surface area contributed by atoms with E-state index in [0.717, 1.165) is 6.42 Å². The highest BCUT2D eigenvalue weighted by Gasteiger charge is 2.28. The van der Waals surface area contributed by atoms with Crippen molar-refractivity contribution in [1.82, 2.24) is 0 Å². The first-order valence-electron chi connectivity index (χ1n) is 5.34. The van der Waals surface area contributed by atoms with E-state index in [1.807, 2.05) is 0 Å². The van der Waals surface area contributed by atoms with Crippen LogP contribution < -0.4 is 0 Å². The van der Waals surface area contributed by atoms with Crippen LogP contribution in [0, 0.1) is 0 Å². The van der Waals surface area contributed by atoms with Crippen LogP contribution in [0.2, 0.25) is 44.4 Å². The summed E-state index contributed by atoms with van der Waals surface area (Å²) in [6, 6.07) is 1.17. The summed E-state index contributed by atoms with van der Waals surface area (Å²) in [5, 5.41) is 8.57. The van der Waals surface area contributed by atoms with Crippen LogP contribution >= 0.6 is 0 Å². The van der Waals surface area contributed by atoms with Crippen LogP contribution in [0.4, 0.5) is 0 Å². The zero-order valence-electron chi connectivity index (χ0n) is 10.2. The molecule has 1 N–H and O–H groups in total. The van der Waals surface area contributed by atoms with Crippen LogP contribution in [0.25, 0.3) is 0 Å². The molecule has 0 aliphatic carbocycles. The van der Waals surface area contributed by atoms with Crippen LogP contribution in [0.1, 0.15) is 12.8 Å². The van der Waals surface area contributed by atoms with Crippen LogP contribution in [0.15, 0.2) is 0 Å². The van der Waals surface area contributed by atoms with E-state index in [0.29, 0.717) is 6.42 Å². The van der Waals surface area contributed by atoms with E-state index in [9.17, 15) is 4.79 Å². The van der Waals surface area contributed by atoms with Crippen molar-refractivity contribution >= 4 is 22.1 Å². The van der Waals surface area contributed by atoms with Gasteiger partial charge < -0.3 is 5.11 Å². The van der Waals surface area contributed by atoms with Crippen molar-refractivity contribution in [1.29, 1.82) is 0 Å². The molecule has 2 nitrogen and oxygen atoms in total. The number of carboxylic acid groups (broad SMARTS) is 1. The minimum Gasteiger partial charge on any atom is -0.481 e. The first-order chi connectivity index (χ1) is 6.12. The lowest BCUT2D eigenvalue weighted by atomic mass is 10.3. The van der Waals surface area contributed by atoms with E-state index < -0.39 is 22.1 Å². The van der Waals surface area contributed by atoms with Gasteiger partial charge in [-0.3, -0.25) is 4.79 Å². The molecule has 0 saturated heterocycles. The SMILES string of the molecule is C[Si](C)(C)C[Si](C)(C)CCCC(=O)O. The van der Waals surface area contributed by atoms with Gasteiger partial charge >= 0.3 is 5.97 Å². The Balaban J connectivity index is 3.89. The van der Waals surface area contributed by atoms with Crippen LogP contribution in [0.5, 0.6) is 0 Å². The molecule has 0 bridgehead atoms. The van der Waals surface area contributed by atoms with Crippen molar-refractivity contribution in [3.8, 4) is 0 Å². The molecule has 4 heteroatoms. The predicted octanol–water partition coefficient (Wildman–Crippen LogP) is 3.44. The van der Waals surface area contributed by atoms with Crippen molar-refractivity contribution in [3.63, 3.8) is 0 Å². The van der Waals surface area contributed by atoms with E-state index in [1.54, 1.807) is 0 Å². The summed E-state index contributed by atoms with van der Waals surface area (Å²) in [4.78, 5) is 10.4. The van der Waals surface area contributed by atoms with E-state index in [-0.39, 0.29) is 0 Å². The standard InChI is InChI=1S/C10H24O2Si2/c1-13(2,3)9-14(4,5)8-6-7-10(11)12/h6-9H2,1-5H3,(H,11,12). The van der Waals surface area contributed by atoms with Crippen molar-refractivity contribution in [3.05, 3.63) is 0 Å². The fourth-order valence-electron chi connectivity index (χ4n) is 2.24. The van der Waals surface area contributed by atoms with Gasteiger partial charge in [0, 0.05) is 22.6 Å². The molecular weight excluding hydrogens is 208 g/mol. The monoisotopic (exact) mass is 232 g/mol. The summed E-state index contributed by atoms with van der Waals surface area (Å²) in [6.45, 7) is 12.0. The van der Waals surface area contributed by atoms with Gasteiger partial charge in [-0.05, 0) is 6.42 Å². The number of hydrogen-bond donors (Lipinski definition) is 1. The fourth-order valence-corrected chi connectivity index (χ4v) is 15.6. The largest absolute Gasteiger partial charge is 0.481 e. The summed E-state index contributed by atoms with van der Waals surface area (Å²) in [7, 11) is -2.06. The normalized spacial score (nSPS) is 12.9. The third-order valence-corrected chi connectivity index (χ3v) is 12.0. The second kappa shape index (κ2) is 5.12. The van der Waals surface area contributed by atoms with E-state index in [1.165, 1.54) is 11.7 Å². The summed E-state index contributed by atoms with van der Waals surface area (Å²) in [5.74, 6) is -0.650. The average Bonchev–Trinajstić information content (AvgIpc) is 1.78. The number of aliphatic carboxylic acids is 1. The maximum atomic E-state index is 10.4. The highest BCUT2D eigenvalue weighted by atomic mass is 28.4. The van der Waals surface area contributed by atoms with E-state index in [4.69, 9.17) is 5.11 Å². The van der Waals surface area contributed by atoms with Crippen molar-refractivity contribution in [2.24, 2.45) is 0 Å². The molecule has 0 rings (SSSR count). The summed E-state index contributed by atoms with van der Waals surface area (Å²) >= 11 is 0. The maximum absolute atomic E-state index is 10.4. The lowest BCUT2D eigenvalue weighted by Crippen LogP contribution is -2.37. The highest BCUT2D eigenvalue weighted by Crippen LogP contribution is 2.24. The van der Waals surface area contributed by atoms with Gasteiger partial charge in [-0.2, -0.15) is 0 Å². The van der Waals surface area contributed by atoms with Gasteiger partial charge in [-0.1, -0.05) is 44.4 Å². The molecule has 0 fully saturated rings. The topological polar surface area (TPSA) is 37.3 Å². The van der Waals surface area contributed by atoms with Gasteiger partial charge in [0.1, 0.15) is 0 Å². The summed E-state index contributed by atoms with van der Waals surface area (Å²) in [5.41, 5.74) is 1.42. The molecule has 14 heavy (non-hydrogen) atoms. The molecule has 0 amide bonds.